The first-order valence-electron chi connectivity index (χ1n) is 5.21. The first-order valence-corrected chi connectivity index (χ1v) is 5.21. The summed E-state index contributed by atoms with van der Waals surface area (Å²) < 4.78 is 4.53. The van der Waals surface area contributed by atoms with Gasteiger partial charge in [-0.25, -0.2) is 0 Å². The quantitative estimate of drug-likeness (QED) is 0.628. The molecule has 0 aromatic rings. The zero-order valence-corrected chi connectivity index (χ0v) is 9.21. The predicted octanol–water partition coefficient (Wildman–Crippen LogP) is -0.336. The summed E-state index contributed by atoms with van der Waals surface area (Å²) in [5, 5.41) is 5.93. The van der Waals surface area contributed by atoms with Crippen molar-refractivity contribution in [1.82, 2.24) is 10.6 Å². The molecule has 1 aliphatic heterocycles. The van der Waals surface area contributed by atoms with Crippen molar-refractivity contribution in [3.63, 3.8) is 0 Å². The summed E-state index contributed by atoms with van der Waals surface area (Å²) >= 11 is 0. The van der Waals surface area contributed by atoms with E-state index in [1.54, 1.807) is 6.92 Å². The average molecular weight is 214 g/mol. The standard InChI is InChI=1S/C10H18N2O3/c1-7(5-9(13)15-2)12-10(14)8-3-4-11-6-8/h7-8,11H,3-6H2,1-2H3,(H,12,14)/t7?,8-/m0/s1. The third-order valence-electron chi connectivity index (χ3n) is 2.52. The van der Waals surface area contributed by atoms with Crippen LogP contribution in [0.2, 0.25) is 0 Å². The first-order chi connectivity index (χ1) is 7.13. The molecule has 5 heteroatoms. The third kappa shape index (κ3) is 3.87. The van der Waals surface area contributed by atoms with Crippen LogP contribution in [0, 0.1) is 5.92 Å². The Morgan fingerprint density at radius 3 is 2.87 bits per heavy atom. The zero-order valence-electron chi connectivity index (χ0n) is 9.21. The Kier molecular flexibility index (Phi) is 4.55. The van der Waals surface area contributed by atoms with Gasteiger partial charge >= 0.3 is 5.97 Å². The van der Waals surface area contributed by atoms with Crippen molar-refractivity contribution in [2.75, 3.05) is 20.2 Å². The van der Waals surface area contributed by atoms with Gasteiger partial charge in [0.15, 0.2) is 0 Å². The lowest BCUT2D eigenvalue weighted by Crippen LogP contribution is -2.39. The Hall–Kier alpha value is -1.10. The summed E-state index contributed by atoms with van der Waals surface area (Å²) in [5.74, 6) is -0.228. The average Bonchev–Trinajstić information content (AvgIpc) is 2.70. The highest BCUT2D eigenvalue weighted by molar-refractivity contribution is 5.80. The molecule has 1 aliphatic rings. The van der Waals surface area contributed by atoms with Gasteiger partial charge in [-0.05, 0) is 19.9 Å². The van der Waals surface area contributed by atoms with Crippen molar-refractivity contribution in [2.45, 2.75) is 25.8 Å². The Labute approximate surface area is 89.6 Å². The van der Waals surface area contributed by atoms with Crippen LogP contribution in [0.4, 0.5) is 0 Å². The predicted molar refractivity (Wildman–Crippen MR) is 55.2 cm³/mol. The molecule has 0 aromatic carbocycles. The molecule has 1 rings (SSSR count). The second-order valence-corrected chi connectivity index (χ2v) is 3.88. The molecule has 0 bridgehead atoms. The van der Waals surface area contributed by atoms with Gasteiger partial charge in [-0.3, -0.25) is 9.59 Å². The van der Waals surface area contributed by atoms with Gasteiger partial charge < -0.3 is 15.4 Å². The molecule has 2 atom stereocenters. The summed E-state index contributed by atoms with van der Waals surface area (Å²) in [7, 11) is 1.35. The molecule has 5 nitrogen and oxygen atoms in total. The van der Waals surface area contributed by atoms with Gasteiger partial charge in [-0.2, -0.15) is 0 Å². The van der Waals surface area contributed by atoms with Crippen molar-refractivity contribution in [1.29, 1.82) is 0 Å². The lowest BCUT2D eigenvalue weighted by Gasteiger charge is -2.15. The fourth-order valence-corrected chi connectivity index (χ4v) is 1.62. The molecule has 0 aliphatic carbocycles. The number of methoxy groups -OCH3 is 1. The van der Waals surface area contributed by atoms with Crippen LogP contribution in [0.3, 0.4) is 0 Å². The first kappa shape index (κ1) is 12.0. The van der Waals surface area contributed by atoms with Crippen LogP contribution in [0.5, 0.6) is 0 Å². The number of rotatable bonds is 4. The highest BCUT2D eigenvalue weighted by Crippen LogP contribution is 2.08. The summed E-state index contributed by atoms with van der Waals surface area (Å²) in [6.45, 7) is 3.43. The number of carbonyl (C=O) groups is 2. The highest BCUT2D eigenvalue weighted by atomic mass is 16.5. The number of nitrogens with one attached hydrogen (secondary N) is 2. The van der Waals surface area contributed by atoms with Crippen LogP contribution in [0.1, 0.15) is 19.8 Å². The molecule has 2 N–H and O–H groups in total. The molecule has 1 heterocycles. The summed E-state index contributed by atoms with van der Waals surface area (Å²) in [5.41, 5.74) is 0. The van der Waals surface area contributed by atoms with Gasteiger partial charge in [0.2, 0.25) is 5.91 Å². The van der Waals surface area contributed by atoms with Crippen molar-refractivity contribution in [3.05, 3.63) is 0 Å². The van der Waals surface area contributed by atoms with E-state index in [1.807, 2.05) is 0 Å². The van der Waals surface area contributed by atoms with Gasteiger partial charge in [-0.1, -0.05) is 0 Å². The fourth-order valence-electron chi connectivity index (χ4n) is 1.62. The van der Waals surface area contributed by atoms with E-state index in [-0.39, 0.29) is 30.3 Å². The Balaban J connectivity index is 2.27. The number of ether oxygens (including phenoxy) is 1. The third-order valence-corrected chi connectivity index (χ3v) is 2.52. The molecule has 0 saturated carbocycles. The molecular formula is C10H18N2O3. The van der Waals surface area contributed by atoms with Gasteiger partial charge in [0.05, 0.1) is 19.4 Å². The minimum atomic E-state index is -0.299. The van der Waals surface area contributed by atoms with Crippen LogP contribution in [0.15, 0.2) is 0 Å². The molecule has 1 amide bonds. The Bertz CT molecular complexity index is 237. The summed E-state index contributed by atoms with van der Waals surface area (Å²) in [4.78, 5) is 22.6. The monoisotopic (exact) mass is 214 g/mol. The van der Waals surface area contributed by atoms with Crippen LogP contribution < -0.4 is 10.6 Å². The van der Waals surface area contributed by atoms with E-state index in [4.69, 9.17) is 0 Å². The topological polar surface area (TPSA) is 67.4 Å². The van der Waals surface area contributed by atoms with Gasteiger partial charge in [-0.15, -0.1) is 0 Å². The lowest BCUT2D eigenvalue weighted by atomic mass is 10.1. The lowest BCUT2D eigenvalue weighted by molar-refractivity contribution is -0.141. The van der Waals surface area contributed by atoms with Crippen LogP contribution in [0.25, 0.3) is 0 Å². The Morgan fingerprint density at radius 2 is 2.33 bits per heavy atom. The molecule has 1 unspecified atom stereocenters. The number of amides is 1. The number of hydrogen-bond acceptors (Lipinski definition) is 4. The van der Waals surface area contributed by atoms with Crippen molar-refractivity contribution in [2.24, 2.45) is 5.92 Å². The van der Waals surface area contributed by atoms with E-state index < -0.39 is 0 Å². The maximum absolute atomic E-state index is 11.6. The molecule has 1 saturated heterocycles. The molecular weight excluding hydrogens is 196 g/mol. The van der Waals surface area contributed by atoms with E-state index >= 15 is 0 Å². The molecule has 0 radical (unpaired) electrons. The zero-order chi connectivity index (χ0) is 11.3. The summed E-state index contributed by atoms with van der Waals surface area (Å²) in [6, 6.07) is -0.162. The van der Waals surface area contributed by atoms with Crippen LogP contribution in [-0.2, 0) is 14.3 Å². The molecule has 86 valence electrons. The van der Waals surface area contributed by atoms with E-state index in [1.165, 1.54) is 7.11 Å². The van der Waals surface area contributed by atoms with E-state index in [0.717, 1.165) is 19.5 Å². The second kappa shape index (κ2) is 5.70. The van der Waals surface area contributed by atoms with Crippen LogP contribution in [-0.4, -0.2) is 38.1 Å². The van der Waals surface area contributed by atoms with E-state index in [0.29, 0.717) is 0 Å². The van der Waals surface area contributed by atoms with Gasteiger partial charge in [0.25, 0.3) is 0 Å². The highest BCUT2D eigenvalue weighted by Gasteiger charge is 2.23. The molecule has 0 aromatic heterocycles. The summed E-state index contributed by atoms with van der Waals surface area (Å²) in [6.07, 6.45) is 1.10. The van der Waals surface area contributed by atoms with E-state index in [9.17, 15) is 9.59 Å². The minimum absolute atomic E-state index is 0.0244. The minimum Gasteiger partial charge on any atom is -0.469 e. The maximum Gasteiger partial charge on any atom is 0.307 e. The number of hydrogen-bond donors (Lipinski definition) is 2. The second-order valence-electron chi connectivity index (χ2n) is 3.88. The number of carbonyl (C=O) groups excluding carboxylic acids is 2. The SMILES string of the molecule is COC(=O)CC(C)NC(=O)[C@H]1CCNC1. The molecule has 0 spiro atoms. The normalized spacial score (nSPS) is 22.1. The van der Waals surface area contributed by atoms with Crippen LogP contribution >= 0.6 is 0 Å². The fraction of sp³-hybridized carbons (Fsp3) is 0.800. The Morgan fingerprint density at radius 1 is 1.60 bits per heavy atom. The smallest absolute Gasteiger partial charge is 0.307 e. The van der Waals surface area contributed by atoms with Gasteiger partial charge in [0, 0.05) is 12.6 Å². The van der Waals surface area contributed by atoms with Crippen molar-refractivity contribution < 1.29 is 14.3 Å². The van der Waals surface area contributed by atoms with Crippen molar-refractivity contribution >= 4 is 11.9 Å². The maximum atomic E-state index is 11.6. The van der Waals surface area contributed by atoms with Gasteiger partial charge in [0.1, 0.15) is 0 Å². The van der Waals surface area contributed by atoms with E-state index in [2.05, 4.69) is 15.4 Å². The number of esters is 1. The van der Waals surface area contributed by atoms with Crippen molar-refractivity contribution in [3.8, 4) is 0 Å². The largest absolute Gasteiger partial charge is 0.469 e. The molecule has 15 heavy (non-hydrogen) atoms. The molecule has 1 fully saturated rings.